The van der Waals surface area contributed by atoms with Gasteiger partial charge in [-0.15, -0.1) is 0 Å². The second-order valence-electron chi connectivity index (χ2n) is 5.17. The summed E-state index contributed by atoms with van der Waals surface area (Å²) in [5.74, 6) is -0.126. The predicted octanol–water partition coefficient (Wildman–Crippen LogP) is 2.22. The maximum absolute atomic E-state index is 12.6. The Morgan fingerprint density at radius 3 is 2.65 bits per heavy atom. The van der Waals surface area contributed by atoms with Crippen LogP contribution in [0.15, 0.2) is 29.4 Å². The van der Waals surface area contributed by atoms with Crippen LogP contribution in [0.25, 0.3) is 0 Å². The van der Waals surface area contributed by atoms with Crippen LogP contribution >= 0.6 is 11.6 Å². The van der Waals surface area contributed by atoms with Crippen molar-refractivity contribution < 1.29 is 10.0 Å². The minimum Gasteiger partial charge on any atom is -0.409 e. The van der Waals surface area contributed by atoms with E-state index in [2.05, 4.69) is 5.16 Å². The molecule has 1 aromatic rings. The van der Waals surface area contributed by atoms with Gasteiger partial charge in [-0.1, -0.05) is 41.4 Å². The van der Waals surface area contributed by atoms with Crippen LogP contribution in [0.2, 0.25) is 5.02 Å². The van der Waals surface area contributed by atoms with E-state index in [-0.39, 0.29) is 11.7 Å². The number of amidine groups is 1. The van der Waals surface area contributed by atoms with Crippen LogP contribution in [0.4, 0.5) is 0 Å². The minimum absolute atomic E-state index is 0.000224. The van der Waals surface area contributed by atoms with Gasteiger partial charge in [0, 0.05) is 18.6 Å². The van der Waals surface area contributed by atoms with E-state index in [9.17, 15) is 4.79 Å². The summed E-state index contributed by atoms with van der Waals surface area (Å²) >= 11 is 6.10. The third kappa shape index (κ3) is 2.45. The number of benzene rings is 1. The molecule has 1 amide bonds. The van der Waals surface area contributed by atoms with Gasteiger partial charge in [0.15, 0.2) is 5.84 Å². The SMILES string of the molecule is CN(Cc1ccccc1Cl)C(=O)C1(/C(N)=N/O)CCC1. The number of carbonyl (C=O) groups excluding carboxylic acids is 1. The summed E-state index contributed by atoms with van der Waals surface area (Å²) in [5, 5.41) is 12.5. The Balaban J connectivity index is 2.15. The molecule has 0 saturated heterocycles. The molecule has 0 radical (unpaired) electrons. The van der Waals surface area contributed by atoms with Gasteiger partial charge < -0.3 is 15.8 Å². The average molecular weight is 296 g/mol. The van der Waals surface area contributed by atoms with E-state index in [0.29, 0.717) is 24.4 Å². The van der Waals surface area contributed by atoms with Crippen LogP contribution in [0.5, 0.6) is 0 Å². The predicted molar refractivity (Wildman–Crippen MR) is 77.6 cm³/mol. The van der Waals surface area contributed by atoms with Crippen molar-refractivity contribution in [3.05, 3.63) is 34.9 Å². The van der Waals surface area contributed by atoms with Gasteiger partial charge in [-0.05, 0) is 24.5 Å². The Bertz CT molecular complexity index is 541. The molecule has 0 atom stereocenters. The first-order valence-electron chi connectivity index (χ1n) is 6.48. The molecule has 6 heteroatoms. The maximum atomic E-state index is 12.6. The third-order valence-electron chi connectivity index (χ3n) is 3.93. The van der Waals surface area contributed by atoms with Crippen molar-refractivity contribution >= 4 is 23.3 Å². The molecule has 2 rings (SSSR count). The van der Waals surface area contributed by atoms with Gasteiger partial charge in [-0.25, -0.2) is 0 Å². The molecule has 1 fully saturated rings. The summed E-state index contributed by atoms with van der Waals surface area (Å²) in [7, 11) is 1.70. The van der Waals surface area contributed by atoms with Crippen molar-refractivity contribution in [3.63, 3.8) is 0 Å². The zero-order valence-corrected chi connectivity index (χ0v) is 12.1. The van der Waals surface area contributed by atoms with Gasteiger partial charge in [-0.3, -0.25) is 4.79 Å². The first-order valence-corrected chi connectivity index (χ1v) is 6.86. The highest BCUT2D eigenvalue weighted by Crippen LogP contribution is 2.42. The number of amides is 1. The number of halogens is 1. The summed E-state index contributed by atoms with van der Waals surface area (Å²) in [6.07, 6.45) is 2.14. The standard InChI is InChI=1S/C14H18ClN3O2/c1-18(9-10-5-2-3-6-11(10)15)13(19)14(7-4-8-14)12(16)17-20/h2-3,5-6,20H,4,7-9H2,1H3,(H2,16,17). The van der Waals surface area contributed by atoms with Crippen LogP contribution in [-0.4, -0.2) is 28.9 Å². The Labute approximate surface area is 123 Å². The summed E-state index contributed by atoms with van der Waals surface area (Å²) < 4.78 is 0. The summed E-state index contributed by atoms with van der Waals surface area (Å²) in [5.41, 5.74) is 5.73. The molecule has 0 heterocycles. The quantitative estimate of drug-likeness (QED) is 0.387. The zero-order valence-electron chi connectivity index (χ0n) is 11.3. The highest BCUT2D eigenvalue weighted by molar-refractivity contribution is 6.31. The molecular formula is C14H18ClN3O2. The number of nitrogens with two attached hydrogens (primary N) is 1. The number of oxime groups is 1. The maximum Gasteiger partial charge on any atom is 0.236 e. The van der Waals surface area contributed by atoms with Gasteiger partial charge in [0.1, 0.15) is 5.41 Å². The van der Waals surface area contributed by atoms with Crippen molar-refractivity contribution in [3.8, 4) is 0 Å². The summed E-state index contributed by atoms with van der Waals surface area (Å²) in [4.78, 5) is 14.2. The van der Waals surface area contributed by atoms with Gasteiger partial charge in [0.05, 0.1) is 0 Å². The van der Waals surface area contributed by atoms with E-state index in [1.54, 1.807) is 18.0 Å². The smallest absolute Gasteiger partial charge is 0.236 e. The molecule has 0 bridgehead atoms. The molecule has 3 N–H and O–H groups in total. The third-order valence-corrected chi connectivity index (χ3v) is 4.30. The second kappa shape index (κ2) is 5.71. The van der Waals surface area contributed by atoms with E-state index in [1.165, 1.54) is 0 Å². The van der Waals surface area contributed by atoms with Crippen molar-refractivity contribution in [2.75, 3.05) is 7.05 Å². The Hall–Kier alpha value is -1.75. The highest BCUT2D eigenvalue weighted by atomic mass is 35.5. The molecule has 1 aliphatic rings. The second-order valence-corrected chi connectivity index (χ2v) is 5.58. The van der Waals surface area contributed by atoms with E-state index >= 15 is 0 Å². The van der Waals surface area contributed by atoms with Gasteiger partial charge in [0.2, 0.25) is 5.91 Å². The molecule has 5 nitrogen and oxygen atoms in total. The van der Waals surface area contributed by atoms with E-state index in [0.717, 1.165) is 12.0 Å². The van der Waals surface area contributed by atoms with Crippen LogP contribution in [0, 0.1) is 5.41 Å². The first-order chi connectivity index (χ1) is 9.51. The number of hydrogen-bond acceptors (Lipinski definition) is 3. The number of nitrogens with zero attached hydrogens (tertiary/aromatic N) is 2. The van der Waals surface area contributed by atoms with Crippen LogP contribution in [0.3, 0.4) is 0 Å². The van der Waals surface area contributed by atoms with Crippen LogP contribution in [0.1, 0.15) is 24.8 Å². The molecule has 0 aliphatic heterocycles. The van der Waals surface area contributed by atoms with Crippen molar-refractivity contribution in [1.82, 2.24) is 4.90 Å². The fourth-order valence-corrected chi connectivity index (χ4v) is 2.72. The molecule has 1 aliphatic carbocycles. The fraction of sp³-hybridized carbons (Fsp3) is 0.429. The molecule has 1 saturated carbocycles. The highest BCUT2D eigenvalue weighted by Gasteiger charge is 2.49. The Kier molecular flexibility index (Phi) is 4.18. The minimum atomic E-state index is -0.843. The normalized spacial score (nSPS) is 17.4. The van der Waals surface area contributed by atoms with E-state index in [1.807, 2.05) is 18.2 Å². The fourth-order valence-electron chi connectivity index (χ4n) is 2.52. The van der Waals surface area contributed by atoms with Crippen LogP contribution in [-0.2, 0) is 11.3 Å². The number of carbonyl (C=O) groups is 1. The topological polar surface area (TPSA) is 78.9 Å². The Morgan fingerprint density at radius 1 is 1.50 bits per heavy atom. The average Bonchev–Trinajstić information content (AvgIpc) is 2.39. The van der Waals surface area contributed by atoms with Gasteiger partial charge in [-0.2, -0.15) is 0 Å². The number of rotatable bonds is 4. The van der Waals surface area contributed by atoms with Crippen molar-refractivity contribution in [1.29, 1.82) is 0 Å². The van der Waals surface area contributed by atoms with E-state index < -0.39 is 5.41 Å². The monoisotopic (exact) mass is 295 g/mol. The van der Waals surface area contributed by atoms with E-state index in [4.69, 9.17) is 22.5 Å². The molecule has 0 spiro atoms. The first kappa shape index (κ1) is 14.7. The Morgan fingerprint density at radius 2 is 2.15 bits per heavy atom. The van der Waals surface area contributed by atoms with Crippen LogP contribution < -0.4 is 5.73 Å². The lowest BCUT2D eigenvalue weighted by Crippen LogP contribution is -2.54. The molecule has 0 aromatic heterocycles. The lowest BCUT2D eigenvalue weighted by Gasteiger charge is -2.41. The molecule has 0 unspecified atom stereocenters. The number of hydrogen-bond donors (Lipinski definition) is 2. The van der Waals surface area contributed by atoms with Gasteiger partial charge >= 0.3 is 0 Å². The van der Waals surface area contributed by atoms with Crippen molar-refractivity contribution in [2.45, 2.75) is 25.8 Å². The molecule has 20 heavy (non-hydrogen) atoms. The largest absolute Gasteiger partial charge is 0.409 e. The molecule has 108 valence electrons. The lowest BCUT2D eigenvalue weighted by atomic mass is 9.67. The van der Waals surface area contributed by atoms with Gasteiger partial charge in [0.25, 0.3) is 0 Å². The van der Waals surface area contributed by atoms with Crippen molar-refractivity contribution in [2.24, 2.45) is 16.3 Å². The summed E-state index contributed by atoms with van der Waals surface area (Å²) in [6.45, 7) is 0.402. The molecule has 1 aromatic carbocycles. The zero-order chi connectivity index (χ0) is 14.8. The lowest BCUT2D eigenvalue weighted by molar-refractivity contribution is -0.141. The summed E-state index contributed by atoms with van der Waals surface area (Å²) in [6, 6.07) is 7.39. The molecular weight excluding hydrogens is 278 g/mol.